The topological polar surface area (TPSA) is 61.2 Å². The van der Waals surface area contributed by atoms with Gasteiger partial charge in [0.25, 0.3) is 10.0 Å². The number of rotatable bonds is 3. The molecule has 96 valence electrons. The lowest BCUT2D eigenvalue weighted by atomic mass is 10.3. The summed E-state index contributed by atoms with van der Waals surface area (Å²) in [6, 6.07) is 4.76. The van der Waals surface area contributed by atoms with Crippen LogP contribution in [0.1, 0.15) is 5.82 Å². The van der Waals surface area contributed by atoms with Gasteiger partial charge < -0.3 is 4.74 Å². The van der Waals surface area contributed by atoms with Crippen LogP contribution in [0.2, 0.25) is 0 Å². The van der Waals surface area contributed by atoms with Gasteiger partial charge in [-0.15, -0.1) is 0 Å². The summed E-state index contributed by atoms with van der Waals surface area (Å²) in [5.41, 5.74) is 0. The molecular formula is C11H11BrN2O3S. The molecule has 1 aromatic heterocycles. The molecule has 0 saturated carbocycles. The predicted molar refractivity (Wildman–Crippen MR) is 70.2 cm³/mol. The maximum Gasteiger partial charge on any atom is 0.272 e. The molecule has 2 rings (SSSR count). The Kier molecular flexibility index (Phi) is 3.45. The van der Waals surface area contributed by atoms with Gasteiger partial charge in [0.05, 0.1) is 7.11 Å². The van der Waals surface area contributed by atoms with Gasteiger partial charge in [0.15, 0.2) is 0 Å². The number of nitrogens with zero attached hydrogens (tertiary/aromatic N) is 2. The average molecular weight is 331 g/mol. The molecule has 1 aromatic carbocycles. The van der Waals surface area contributed by atoms with Crippen LogP contribution >= 0.6 is 15.9 Å². The van der Waals surface area contributed by atoms with Crippen LogP contribution in [0.25, 0.3) is 0 Å². The maximum absolute atomic E-state index is 12.4. The third-order valence-electron chi connectivity index (χ3n) is 2.44. The van der Waals surface area contributed by atoms with Crippen LogP contribution in [0.3, 0.4) is 0 Å². The van der Waals surface area contributed by atoms with E-state index in [1.807, 2.05) is 0 Å². The lowest BCUT2D eigenvalue weighted by Gasteiger charge is -2.11. The van der Waals surface area contributed by atoms with Gasteiger partial charge in [-0.2, -0.15) is 0 Å². The van der Waals surface area contributed by atoms with Crippen LogP contribution in [-0.4, -0.2) is 24.5 Å². The Morgan fingerprint density at radius 3 is 2.67 bits per heavy atom. The molecule has 0 atom stereocenters. The fourth-order valence-electron chi connectivity index (χ4n) is 1.58. The number of imidazole rings is 1. The standard InChI is InChI=1S/C11H11BrN2O3S/c1-8-13-5-6-14(8)18(15,16)11-4-3-9(12)7-10(11)17-2/h3-7H,1-2H3. The van der Waals surface area contributed by atoms with Gasteiger partial charge in [-0.3, -0.25) is 0 Å². The molecule has 2 aromatic rings. The van der Waals surface area contributed by atoms with Crippen LogP contribution in [0, 0.1) is 6.92 Å². The summed E-state index contributed by atoms with van der Waals surface area (Å²) in [7, 11) is -2.25. The van der Waals surface area contributed by atoms with Gasteiger partial charge in [0, 0.05) is 16.9 Å². The monoisotopic (exact) mass is 330 g/mol. The summed E-state index contributed by atoms with van der Waals surface area (Å²) in [4.78, 5) is 4.02. The fourth-order valence-corrected chi connectivity index (χ4v) is 3.38. The minimum absolute atomic E-state index is 0.106. The molecule has 0 saturated heterocycles. The fraction of sp³-hybridized carbons (Fsp3) is 0.182. The second kappa shape index (κ2) is 4.74. The van der Waals surface area contributed by atoms with Crippen molar-refractivity contribution < 1.29 is 13.2 Å². The Morgan fingerprint density at radius 2 is 2.11 bits per heavy atom. The maximum atomic E-state index is 12.4. The zero-order valence-corrected chi connectivity index (χ0v) is 12.2. The van der Waals surface area contributed by atoms with Crippen molar-refractivity contribution in [2.24, 2.45) is 0 Å². The summed E-state index contributed by atoms with van der Waals surface area (Å²) in [6.45, 7) is 1.63. The summed E-state index contributed by atoms with van der Waals surface area (Å²) < 4.78 is 31.9. The van der Waals surface area contributed by atoms with Crippen molar-refractivity contribution in [3.05, 3.63) is 40.9 Å². The van der Waals surface area contributed by atoms with Crippen molar-refractivity contribution in [2.45, 2.75) is 11.8 Å². The highest BCUT2D eigenvalue weighted by Gasteiger charge is 2.23. The van der Waals surface area contributed by atoms with E-state index in [9.17, 15) is 8.42 Å². The number of ether oxygens (including phenoxy) is 1. The summed E-state index contributed by atoms with van der Waals surface area (Å²) >= 11 is 3.27. The lowest BCUT2D eigenvalue weighted by molar-refractivity contribution is 0.402. The second-order valence-corrected chi connectivity index (χ2v) is 6.27. The molecule has 7 heteroatoms. The van der Waals surface area contributed by atoms with Gasteiger partial charge in [0.1, 0.15) is 16.5 Å². The number of benzene rings is 1. The summed E-state index contributed by atoms with van der Waals surface area (Å²) in [5.74, 6) is 0.692. The van der Waals surface area contributed by atoms with Gasteiger partial charge in [-0.1, -0.05) is 15.9 Å². The molecular weight excluding hydrogens is 320 g/mol. The Morgan fingerprint density at radius 1 is 1.39 bits per heavy atom. The van der Waals surface area contributed by atoms with E-state index < -0.39 is 10.0 Å². The SMILES string of the molecule is COc1cc(Br)ccc1S(=O)(=O)n1ccnc1C. The van der Waals surface area contributed by atoms with E-state index >= 15 is 0 Å². The van der Waals surface area contributed by atoms with E-state index in [0.717, 1.165) is 8.45 Å². The van der Waals surface area contributed by atoms with Gasteiger partial charge in [0.2, 0.25) is 0 Å². The Bertz CT molecular complexity index is 679. The van der Waals surface area contributed by atoms with Crippen LogP contribution in [0.4, 0.5) is 0 Å². The zero-order valence-electron chi connectivity index (χ0n) is 9.79. The van der Waals surface area contributed by atoms with Gasteiger partial charge in [-0.05, 0) is 25.1 Å². The molecule has 0 bridgehead atoms. The van der Waals surface area contributed by atoms with E-state index in [0.29, 0.717) is 5.82 Å². The van der Waals surface area contributed by atoms with E-state index in [1.165, 1.54) is 25.6 Å². The van der Waals surface area contributed by atoms with Gasteiger partial charge >= 0.3 is 0 Å². The molecule has 0 amide bonds. The molecule has 0 N–H and O–H groups in total. The molecule has 0 aliphatic rings. The van der Waals surface area contributed by atoms with Crippen molar-refractivity contribution in [3.8, 4) is 5.75 Å². The van der Waals surface area contributed by atoms with E-state index in [2.05, 4.69) is 20.9 Å². The minimum atomic E-state index is -3.68. The number of halogens is 1. The molecule has 18 heavy (non-hydrogen) atoms. The number of methoxy groups -OCH3 is 1. The largest absolute Gasteiger partial charge is 0.495 e. The first kappa shape index (κ1) is 13.1. The van der Waals surface area contributed by atoms with Crippen molar-refractivity contribution in [1.29, 1.82) is 0 Å². The summed E-state index contributed by atoms with van der Waals surface area (Å²) in [5, 5.41) is 0. The van der Waals surface area contributed by atoms with Crippen LogP contribution in [0.15, 0.2) is 40.0 Å². The van der Waals surface area contributed by atoms with Crippen molar-refractivity contribution in [3.63, 3.8) is 0 Å². The highest BCUT2D eigenvalue weighted by atomic mass is 79.9. The number of aryl methyl sites for hydroxylation is 1. The van der Waals surface area contributed by atoms with E-state index in [4.69, 9.17) is 4.74 Å². The second-order valence-electron chi connectivity index (χ2n) is 3.57. The number of hydrogen-bond acceptors (Lipinski definition) is 4. The highest BCUT2D eigenvalue weighted by Crippen LogP contribution is 2.29. The molecule has 0 spiro atoms. The Hall–Kier alpha value is -1.34. The van der Waals surface area contributed by atoms with Gasteiger partial charge in [-0.25, -0.2) is 17.4 Å². The third-order valence-corrected chi connectivity index (χ3v) is 4.74. The number of aromatic nitrogens is 2. The van der Waals surface area contributed by atoms with E-state index in [-0.39, 0.29) is 10.6 Å². The van der Waals surface area contributed by atoms with Crippen molar-refractivity contribution in [1.82, 2.24) is 8.96 Å². The predicted octanol–water partition coefficient (Wildman–Crippen LogP) is 2.20. The first-order chi connectivity index (χ1) is 8.46. The molecule has 0 radical (unpaired) electrons. The first-order valence-electron chi connectivity index (χ1n) is 5.06. The lowest BCUT2D eigenvalue weighted by Crippen LogP contribution is -2.14. The highest BCUT2D eigenvalue weighted by molar-refractivity contribution is 9.10. The molecule has 0 aliphatic heterocycles. The van der Waals surface area contributed by atoms with Crippen LogP contribution < -0.4 is 4.74 Å². The molecule has 0 aliphatic carbocycles. The minimum Gasteiger partial charge on any atom is -0.495 e. The quantitative estimate of drug-likeness (QED) is 0.865. The third kappa shape index (κ3) is 2.15. The van der Waals surface area contributed by atoms with Crippen LogP contribution in [0.5, 0.6) is 5.75 Å². The molecule has 1 heterocycles. The zero-order chi connectivity index (χ0) is 13.3. The molecule has 5 nitrogen and oxygen atoms in total. The van der Waals surface area contributed by atoms with Crippen molar-refractivity contribution in [2.75, 3.05) is 7.11 Å². The normalized spacial score (nSPS) is 11.5. The van der Waals surface area contributed by atoms with Crippen molar-refractivity contribution >= 4 is 26.0 Å². The first-order valence-corrected chi connectivity index (χ1v) is 7.29. The average Bonchev–Trinajstić information content (AvgIpc) is 2.75. The Balaban J connectivity index is 2.65. The smallest absolute Gasteiger partial charge is 0.272 e. The Labute approximate surface area is 114 Å². The number of hydrogen-bond donors (Lipinski definition) is 0. The molecule has 0 fully saturated rings. The van der Waals surface area contributed by atoms with E-state index in [1.54, 1.807) is 19.1 Å². The molecule has 0 unspecified atom stereocenters. The summed E-state index contributed by atoms with van der Waals surface area (Å²) in [6.07, 6.45) is 2.85. The van der Waals surface area contributed by atoms with Crippen LogP contribution in [-0.2, 0) is 10.0 Å².